The second kappa shape index (κ2) is 9.37. The van der Waals surface area contributed by atoms with Crippen molar-refractivity contribution in [2.45, 2.75) is 26.7 Å². The highest BCUT2D eigenvalue weighted by Gasteiger charge is 2.15. The molecule has 6 heteroatoms. The van der Waals surface area contributed by atoms with Crippen molar-refractivity contribution in [2.24, 2.45) is 0 Å². The molecule has 5 nitrogen and oxygen atoms in total. The standard InChI is InChI=1S/C22H23NO4S/c1-3-5-16-8-10-18(11-9-16)26-12-13-27-19-7-4-6-17(14-19)21-23-15(2)20(28-21)22(24)25/h4,6-11,14H,3,5,12-13H2,1-2H3,(H,24,25). The predicted molar refractivity (Wildman–Crippen MR) is 111 cm³/mol. The smallest absolute Gasteiger partial charge is 0.347 e. The Kier molecular flexibility index (Phi) is 6.66. The Balaban J connectivity index is 1.55. The lowest BCUT2D eigenvalue weighted by Crippen LogP contribution is -2.09. The maximum atomic E-state index is 11.2. The first-order valence-corrected chi connectivity index (χ1v) is 10.0. The summed E-state index contributed by atoms with van der Waals surface area (Å²) < 4.78 is 11.5. The Labute approximate surface area is 168 Å². The van der Waals surface area contributed by atoms with E-state index in [1.54, 1.807) is 6.92 Å². The molecule has 0 unspecified atom stereocenters. The molecule has 2 aromatic carbocycles. The summed E-state index contributed by atoms with van der Waals surface area (Å²) in [6, 6.07) is 15.6. The molecule has 0 aliphatic rings. The number of aromatic carboxylic acids is 1. The summed E-state index contributed by atoms with van der Waals surface area (Å²) >= 11 is 1.17. The number of nitrogens with zero attached hydrogens (tertiary/aromatic N) is 1. The van der Waals surface area contributed by atoms with Gasteiger partial charge >= 0.3 is 5.97 Å². The van der Waals surface area contributed by atoms with Gasteiger partial charge in [-0.25, -0.2) is 9.78 Å². The van der Waals surface area contributed by atoms with Crippen molar-refractivity contribution in [3.05, 3.63) is 64.7 Å². The van der Waals surface area contributed by atoms with E-state index in [0.717, 1.165) is 24.2 Å². The van der Waals surface area contributed by atoms with Crippen LogP contribution >= 0.6 is 11.3 Å². The summed E-state index contributed by atoms with van der Waals surface area (Å²) in [5.41, 5.74) is 2.68. The largest absolute Gasteiger partial charge is 0.490 e. The summed E-state index contributed by atoms with van der Waals surface area (Å²) in [6.07, 6.45) is 2.21. The Morgan fingerprint density at radius 1 is 1.07 bits per heavy atom. The second-order valence-electron chi connectivity index (χ2n) is 6.36. The summed E-state index contributed by atoms with van der Waals surface area (Å²) in [4.78, 5) is 15.8. The van der Waals surface area contributed by atoms with Crippen molar-refractivity contribution in [3.63, 3.8) is 0 Å². The molecule has 0 spiro atoms. The number of benzene rings is 2. The third kappa shape index (κ3) is 5.10. The molecule has 146 valence electrons. The molecule has 1 heterocycles. The van der Waals surface area contributed by atoms with Gasteiger partial charge in [0.25, 0.3) is 0 Å². The van der Waals surface area contributed by atoms with E-state index in [2.05, 4.69) is 24.0 Å². The van der Waals surface area contributed by atoms with Gasteiger partial charge in [0.15, 0.2) is 0 Å². The SMILES string of the molecule is CCCc1ccc(OCCOc2cccc(-c3nc(C)c(C(=O)O)s3)c2)cc1. The fourth-order valence-corrected chi connectivity index (χ4v) is 3.70. The molecule has 0 atom stereocenters. The van der Waals surface area contributed by atoms with Crippen LogP contribution in [0.15, 0.2) is 48.5 Å². The Morgan fingerprint density at radius 3 is 2.43 bits per heavy atom. The van der Waals surface area contributed by atoms with Crippen molar-refractivity contribution in [3.8, 4) is 22.1 Å². The van der Waals surface area contributed by atoms with Gasteiger partial charge in [-0.05, 0) is 43.2 Å². The van der Waals surface area contributed by atoms with E-state index in [9.17, 15) is 9.90 Å². The number of carboxylic acid groups (broad SMARTS) is 1. The molecular formula is C22H23NO4S. The molecule has 0 saturated heterocycles. The van der Waals surface area contributed by atoms with E-state index in [4.69, 9.17) is 9.47 Å². The molecule has 0 amide bonds. The van der Waals surface area contributed by atoms with Crippen LogP contribution in [0.5, 0.6) is 11.5 Å². The van der Waals surface area contributed by atoms with Crippen molar-refractivity contribution < 1.29 is 19.4 Å². The molecule has 1 N–H and O–H groups in total. The molecule has 3 rings (SSSR count). The zero-order valence-electron chi connectivity index (χ0n) is 16.0. The molecule has 3 aromatic rings. The molecule has 0 radical (unpaired) electrons. The molecule has 0 saturated carbocycles. The fourth-order valence-electron chi connectivity index (χ4n) is 2.80. The number of ether oxygens (including phenoxy) is 2. The third-order valence-corrected chi connectivity index (χ3v) is 5.35. The highest BCUT2D eigenvalue weighted by molar-refractivity contribution is 7.17. The maximum absolute atomic E-state index is 11.2. The van der Waals surface area contributed by atoms with E-state index >= 15 is 0 Å². The van der Waals surface area contributed by atoms with Gasteiger partial charge in [-0.15, -0.1) is 11.3 Å². The third-order valence-electron chi connectivity index (χ3n) is 4.15. The number of carboxylic acids is 1. The Bertz CT molecular complexity index is 934. The topological polar surface area (TPSA) is 68.7 Å². The summed E-state index contributed by atoms with van der Waals surface area (Å²) in [5, 5.41) is 9.86. The van der Waals surface area contributed by atoms with E-state index in [1.165, 1.54) is 16.9 Å². The Morgan fingerprint density at radius 2 is 1.79 bits per heavy atom. The highest BCUT2D eigenvalue weighted by atomic mass is 32.1. The lowest BCUT2D eigenvalue weighted by Gasteiger charge is -2.09. The molecular weight excluding hydrogens is 374 g/mol. The number of rotatable bonds is 9. The van der Waals surface area contributed by atoms with Crippen molar-refractivity contribution in [1.82, 2.24) is 4.98 Å². The number of aromatic nitrogens is 1. The molecule has 0 fully saturated rings. The summed E-state index contributed by atoms with van der Waals surface area (Å²) in [6.45, 7) is 4.72. The van der Waals surface area contributed by atoms with Gasteiger partial charge < -0.3 is 14.6 Å². The number of hydrogen-bond donors (Lipinski definition) is 1. The summed E-state index contributed by atoms with van der Waals surface area (Å²) in [5.74, 6) is 0.578. The second-order valence-corrected chi connectivity index (χ2v) is 7.36. The van der Waals surface area contributed by atoms with Crippen LogP contribution in [0.3, 0.4) is 0 Å². The fraction of sp³-hybridized carbons (Fsp3) is 0.273. The average molecular weight is 397 g/mol. The van der Waals surface area contributed by atoms with E-state index in [1.807, 2.05) is 36.4 Å². The first-order valence-electron chi connectivity index (χ1n) is 9.22. The van der Waals surface area contributed by atoms with Crippen LogP contribution < -0.4 is 9.47 Å². The van der Waals surface area contributed by atoms with E-state index < -0.39 is 5.97 Å². The van der Waals surface area contributed by atoms with Crippen LogP contribution in [0.1, 0.15) is 34.3 Å². The molecule has 1 aromatic heterocycles. The van der Waals surface area contributed by atoms with Crippen LogP contribution in [-0.4, -0.2) is 29.3 Å². The van der Waals surface area contributed by atoms with Crippen LogP contribution in [-0.2, 0) is 6.42 Å². The van der Waals surface area contributed by atoms with Crippen LogP contribution in [0, 0.1) is 6.92 Å². The van der Waals surface area contributed by atoms with Crippen LogP contribution in [0.4, 0.5) is 0 Å². The minimum Gasteiger partial charge on any atom is -0.490 e. The van der Waals surface area contributed by atoms with Crippen LogP contribution in [0.2, 0.25) is 0 Å². The van der Waals surface area contributed by atoms with Crippen molar-refractivity contribution in [2.75, 3.05) is 13.2 Å². The number of hydrogen-bond acceptors (Lipinski definition) is 5. The zero-order chi connectivity index (χ0) is 19.9. The zero-order valence-corrected chi connectivity index (χ0v) is 16.8. The van der Waals surface area contributed by atoms with Crippen LogP contribution in [0.25, 0.3) is 10.6 Å². The number of aryl methyl sites for hydroxylation is 2. The molecule has 0 aliphatic carbocycles. The Hall–Kier alpha value is -2.86. The monoisotopic (exact) mass is 397 g/mol. The summed E-state index contributed by atoms with van der Waals surface area (Å²) in [7, 11) is 0. The quantitative estimate of drug-likeness (QED) is 0.501. The lowest BCUT2D eigenvalue weighted by molar-refractivity contribution is 0.0701. The van der Waals surface area contributed by atoms with Gasteiger partial charge in [-0.3, -0.25) is 0 Å². The minimum atomic E-state index is -0.950. The van der Waals surface area contributed by atoms with Gasteiger partial charge in [0.2, 0.25) is 0 Å². The maximum Gasteiger partial charge on any atom is 0.347 e. The van der Waals surface area contributed by atoms with E-state index in [0.29, 0.717) is 29.7 Å². The average Bonchev–Trinajstić information content (AvgIpc) is 3.09. The molecule has 0 bridgehead atoms. The van der Waals surface area contributed by atoms with Gasteiger partial charge in [0.1, 0.15) is 34.6 Å². The van der Waals surface area contributed by atoms with E-state index in [-0.39, 0.29) is 4.88 Å². The number of carbonyl (C=O) groups is 1. The molecule has 0 aliphatic heterocycles. The normalized spacial score (nSPS) is 10.6. The molecule has 28 heavy (non-hydrogen) atoms. The lowest BCUT2D eigenvalue weighted by atomic mass is 10.1. The van der Waals surface area contributed by atoms with Crippen molar-refractivity contribution in [1.29, 1.82) is 0 Å². The predicted octanol–water partition coefficient (Wildman–Crippen LogP) is 5.23. The van der Waals surface area contributed by atoms with Gasteiger partial charge in [0, 0.05) is 5.56 Å². The van der Waals surface area contributed by atoms with Gasteiger partial charge in [-0.2, -0.15) is 0 Å². The van der Waals surface area contributed by atoms with Crippen molar-refractivity contribution >= 4 is 17.3 Å². The first-order chi connectivity index (χ1) is 13.6. The van der Waals surface area contributed by atoms with Gasteiger partial charge in [0.05, 0.1) is 5.69 Å². The van der Waals surface area contributed by atoms with Gasteiger partial charge in [-0.1, -0.05) is 37.6 Å². The minimum absolute atomic E-state index is 0.264. The highest BCUT2D eigenvalue weighted by Crippen LogP contribution is 2.30. The number of thiazole rings is 1. The first kappa shape index (κ1) is 19.9.